The highest BCUT2D eigenvalue weighted by Crippen LogP contribution is 2.30. The second-order valence-corrected chi connectivity index (χ2v) is 6.10. The fraction of sp³-hybridized carbons (Fsp3) is 0.350. The van der Waals surface area contributed by atoms with E-state index in [0.29, 0.717) is 23.6 Å². The summed E-state index contributed by atoms with van der Waals surface area (Å²) in [5.41, 5.74) is 4.60. The first kappa shape index (κ1) is 16.4. The quantitative estimate of drug-likeness (QED) is 0.910. The number of benzene rings is 2. The van der Waals surface area contributed by atoms with Crippen molar-refractivity contribution in [3.8, 4) is 11.5 Å². The van der Waals surface area contributed by atoms with E-state index in [4.69, 9.17) is 9.47 Å². The molecule has 2 aromatic carbocycles. The van der Waals surface area contributed by atoms with Gasteiger partial charge in [-0.1, -0.05) is 18.2 Å². The molecule has 4 heteroatoms. The Morgan fingerprint density at radius 1 is 0.958 bits per heavy atom. The number of carbonyl (C=O) groups is 1. The zero-order valence-electron chi connectivity index (χ0n) is 14.2. The number of amides is 1. The minimum Gasteiger partial charge on any atom is -0.493 e. The van der Waals surface area contributed by atoms with E-state index in [0.717, 1.165) is 18.4 Å². The van der Waals surface area contributed by atoms with Crippen LogP contribution >= 0.6 is 0 Å². The van der Waals surface area contributed by atoms with E-state index in [-0.39, 0.29) is 5.91 Å². The lowest BCUT2D eigenvalue weighted by Crippen LogP contribution is -2.15. The van der Waals surface area contributed by atoms with Crippen molar-refractivity contribution in [1.82, 2.24) is 0 Å². The van der Waals surface area contributed by atoms with Crippen molar-refractivity contribution in [2.45, 2.75) is 32.1 Å². The molecule has 3 rings (SSSR count). The van der Waals surface area contributed by atoms with Crippen LogP contribution in [0.4, 0.5) is 5.69 Å². The van der Waals surface area contributed by atoms with Gasteiger partial charge in [-0.2, -0.15) is 0 Å². The molecule has 0 heterocycles. The zero-order chi connectivity index (χ0) is 16.9. The molecule has 1 amide bonds. The predicted octanol–water partition coefficient (Wildman–Crippen LogP) is 3.76. The number of hydrogen-bond acceptors (Lipinski definition) is 3. The molecule has 24 heavy (non-hydrogen) atoms. The van der Waals surface area contributed by atoms with Crippen LogP contribution in [0, 0.1) is 0 Å². The van der Waals surface area contributed by atoms with Crippen LogP contribution in [0.2, 0.25) is 0 Å². The summed E-state index contributed by atoms with van der Waals surface area (Å²) in [5.74, 6) is 1.22. The van der Waals surface area contributed by atoms with Crippen LogP contribution in [0.3, 0.4) is 0 Å². The Kier molecular flexibility index (Phi) is 5.04. The van der Waals surface area contributed by atoms with Crippen molar-refractivity contribution in [3.05, 3.63) is 53.1 Å². The number of anilines is 1. The minimum absolute atomic E-state index is 0.0296. The molecule has 0 atom stereocenters. The number of nitrogens with one attached hydrogen (secondary N) is 1. The van der Waals surface area contributed by atoms with Crippen LogP contribution in [0.5, 0.6) is 11.5 Å². The molecule has 0 aromatic heterocycles. The first-order chi connectivity index (χ1) is 11.7. The summed E-state index contributed by atoms with van der Waals surface area (Å²) in [6, 6.07) is 11.8. The summed E-state index contributed by atoms with van der Waals surface area (Å²) in [4.78, 5) is 12.3. The van der Waals surface area contributed by atoms with E-state index in [1.54, 1.807) is 26.4 Å². The summed E-state index contributed by atoms with van der Waals surface area (Å²) in [6.45, 7) is 0. The third-order valence-electron chi connectivity index (χ3n) is 4.44. The van der Waals surface area contributed by atoms with E-state index in [2.05, 4.69) is 23.5 Å². The van der Waals surface area contributed by atoms with Crippen molar-refractivity contribution in [2.24, 2.45) is 0 Å². The third-order valence-corrected chi connectivity index (χ3v) is 4.44. The third kappa shape index (κ3) is 3.70. The summed E-state index contributed by atoms with van der Waals surface area (Å²) in [7, 11) is 3.17. The van der Waals surface area contributed by atoms with Crippen molar-refractivity contribution in [1.29, 1.82) is 0 Å². The Morgan fingerprint density at radius 2 is 1.71 bits per heavy atom. The van der Waals surface area contributed by atoms with Gasteiger partial charge < -0.3 is 14.8 Å². The average Bonchev–Trinajstić information content (AvgIpc) is 2.61. The molecule has 1 aliphatic carbocycles. The first-order valence-corrected chi connectivity index (χ1v) is 8.32. The van der Waals surface area contributed by atoms with Gasteiger partial charge >= 0.3 is 0 Å². The van der Waals surface area contributed by atoms with Gasteiger partial charge in [0.05, 0.1) is 20.6 Å². The van der Waals surface area contributed by atoms with Crippen molar-refractivity contribution < 1.29 is 14.3 Å². The topological polar surface area (TPSA) is 47.6 Å². The Bertz CT molecular complexity index is 696. The lowest BCUT2D eigenvalue weighted by molar-refractivity contribution is -0.115. The molecule has 0 aliphatic heterocycles. The van der Waals surface area contributed by atoms with E-state index >= 15 is 0 Å². The van der Waals surface area contributed by atoms with E-state index in [1.807, 2.05) is 6.07 Å². The van der Waals surface area contributed by atoms with Crippen LogP contribution in [-0.4, -0.2) is 20.1 Å². The molecule has 0 unspecified atom stereocenters. The second-order valence-electron chi connectivity index (χ2n) is 6.10. The Morgan fingerprint density at radius 3 is 2.46 bits per heavy atom. The molecule has 0 saturated carbocycles. The zero-order valence-corrected chi connectivity index (χ0v) is 14.2. The number of carbonyl (C=O) groups excluding carboxylic acids is 1. The van der Waals surface area contributed by atoms with E-state index in [9.17, 15) is 4.79 Å². The van der Waals surface area contributed by atoms with Crippen LogP contribution < -0.4 is 14.8 Å². The molecule has 0 saturated heterocycles. The number of rotatable bonds is 5. The van der Waals surface area contributed by atoms with Gasteiger partial charge in [0, 0.05) is 11.8 Å². The van der Waals surface area contributed by atoms with Gasteiger partial charge in [-0.3, -0.25) is 4.79 Å². The minimum atomic E-state index is -0.0296. The van der Waals surface area contributed by atoms with Crippen molar-refractivity contribution in [2.75, 3.05) is 19.5 Å². The molecule has 0 fully saturated rings. The molecular formula is C20H23NO3. The lowest BCUT2D eigenvalue weighted by Gasteiger charge is -2.16. The van der Waals surface area contributed by atoms with E-state index in [1.165, 1.54) is 24.0 Å². The summed E-state index contributed by atoms with van der Waals surface area (Å²) in [6.07, 6.45) is 5.18. The molecule has 0 radical (unpaired) electrons. The summed E-state index contributed by atoms with van der Waals surface area (Å²) < 4.78 is 10.5. The maximum atomic E-state index is 12.3. The number of ether oxygens (including phenoxy) is 2. The highest BCUT2D eigenvalue weighted by atomic mass is 16.5. The fourth-order valence-electron chi connectivity index (χ4n) is 3.20. The van der Waals surface area contributed by atoms with E-state index < -0.39 is 0 Å². The molecule has 0 bridgehead atoms. The molecule has 1 aliphatic rings. The highest BCUT2D eigenvalue weighted by molar-refractivity contribution is 5.92. The SMILES string of the molecule is COc1ccc(NC(=O)Cc2ccc3c(c2)CCCC3)cc1OC. The fourth-order valence-corrected chi connectivity index (χ4v) is 3.20. The van der Waals surface area contributed by atoms with Crippen molar-refractivity contribution >= 4 is 11.6 Å². The monoisotopic (exact) mass is 325 g/mol. The molecule has 0 spiro atoms. The van der Waals surface area contributed by atoms with Crippen molar-refractivity contribution in [3.63, 3.8) is 0 Å². The lowest BCUT2D eigenvalue weighted by atomic mass is 9.90. The Labute approximate surface area is 142 Å². The second kappa shape index (κ2) is 7.39. The standard InChI is InChI=1S/C20H23NO3/c1-23-18-10-9-17(13-19(18)24-2)21-20(22)12-14-7-8-15-5-3-4-6-16(15)11-14/h7-11,13H,3-6,12H2,1-2H3,(H,21,22). The normalized spacial score (nSPS) is 13.1. The maximum Gasteiger partial charge on any atom is 0.228 e. The molecule has 4 nitrogen and oxygen atoms in total. The van der Waals surface area contributed by atoms with Gasteiger partial charge in [0.25, 0.3) is 0 Å². The van der Waals surface area contributed by atoms with Crippen LogP contribution in [-0.2, 0) is 24.1 Å². The summed E-state index contributed by atoms with van der Waals surface area (Å²) >= 11 is 0. The van der Waals surface area contributed by atoms with Gasteiger partial charge in [0.15, 0.2) is 11.5 Å². The number of aryl methyl sites for hydroxylation is 2. The molecular weight excluding hydrogens is 302 g/mol. The average molecular weight is 325 g/mol. The van der Waals surface area contributed by atoms with Gasteiger partial charge in [0.1, 0.15) is 0 Å². The van der Waals surface area contributed by atoms with Gasteiger partial charge in [-0.25, -0.2) is 0 Å². The Balaban J connectivity index is 1.67. The van der Waals surface area contributed by atoms with Crippen LogP contribution in [0.25, 0.3) is 0 Å². The number of hydrogen-bond donors (Lipinski definition) is 1. The van der Waals surface area contributed by atoms with Crippen LogP contribution in [0.1, 0.15) is 29.5 Å². The van der Waals surface area contributed by atoms with Crippen LogP contribution in [0.15, 0.2) is 36.4 Å². The number of methoxy groups -OCH3 is 2. The Hall–Kier alpha value is -2.49. The molecule has 2 aromatic rings. The van der Waals surface area contributed by atoms with Gasteiger partial charge in [-0.05, 0) is 54.5 Å². The first-order valence-electron chi connectivity index (χ1n) is 8.32. The smallest absolute Gasteiger partial charge is 0.228 e. The maximum absolute atomic E-state index is 12.3. The molecule has 1 N–H and O–H groups in total. The predicted molar refractivity (Wildman–Crippen MR) is 95.0 cm³/mol. The van der Waals surface area contributed by atoms with Gasteiger partial charge in [0.2, 0.25) is 5.91 Å². The number of fused-ring (bicyclic) bond motifs is 1. The largest absolute Gasteiger partial charge is 0.493 e. The summed E-state index contributed by atoms with van der Waals surface area (Å²) in [5, 5.41) is 2.92. The van der Waals surface area contributed by atoms with Gasteiger partial charge in [-0.15, -0.1) is 0 Å². The molecule has 126 valence electrons. The highest BCUT2D eigenvalue weighted by Gasteiger charge is 2.12.